The third-order valence-electron chi connectivity index (χ3n) is 4.73. The zero-order valence-electron chi connectivity index (χ0n) is 15.0. The molecule has 0 atom stereocenters. The lowest BCUT2D eigenvalue weighted by molar-refractivity contribution is 0.0764. The number of benzene rings is 2. The normalized spacial score (nSPS) is 16.3. The van der Waals surface area contributed by atoms with Crippen LogP contribution in [0.2, 0.25) is 0 Å². The number of aryl methyl sites for hydroxylation is 1. The van der Waals surface area contributed by atoms with Gasteiger partial charge in [-0.2, -0.15) is 4.31 Å². The number of nitrogens with zero attached hydrogens (tertiary/aromatic N) is 2. The molecule has 0 spiro atoms. The highest BCUT2D eigenvalue weighted by Crippen LogP contribution is 2.19. The molecule has 2 aromatic carbocycles. The van der Waals surface area contributed by atoms with Crippen molar-refractivity contribution in [3.8, 4) is 0 Å². The molecule has 2 aromatic rings. The Balaban J connectivity index is 1.72. The summed E-state index contributed by atoms with van der Waals surface area (Å²) >= 11 is 0. The molecule has 3 rings (SSSR count). The van der Waals surface area contributed by atoms with Crippen LogP contribution in [0, 0.1) is 0 Å². The van der Waals surface area contributed by atoms with Crippen molar-refractivity contribution in [3.63, 3.8) is 0 Å². The maximum Gasteiger partial charge on any atom is 0.253 e. The molecule has 1 saturated heterocycles. The molecule has 0 saturated carbocycles. The fourth-order valence-electron chi connectivity index (χ4n) is 3.15. The minimum absolute atomic E-state index is 0.0443. The Labute approximate surface area is 155 Å². The summed E-state index contributed by atoms with van der Waals surface area (Å²) in [7, 11) is -3.53. The molecule has 0 N–H and O–H groups in total. The van der Waals surface area contributed by atoms with Gasteiger partial charge in [-0.25, -0.2) is 8.42 Å². The van der Waals surface area contributed by atoms with Crippen LogP contribution in [0.1, 0.15) is 29.3 Å². The standard InChI is InChI=1S/C20H24N2O3S/c1-2-17-9-11-19(12-10-17)26(24,25)22-14-6-13-21(15-16-22)20(23)18-7-4-3-5-8-18/h3-5,7-12H,2,6,13-16H2,1H3. The molecule has 138 valence electrons. The summed E-state index contributed by atoms with van der Waals surface area (Å²) < 4.78 is 27.3. The van der Waals surface area contributed by atoms with Crippen molar-refractivity contribution in [2.75, 3.05) is 26.2 Å². The highest BCUT2D eigenvalue weighted by atomic mass is 32.2. The highest BCUT2D eigenvalue weighted by Gasteiger charge is 2.28. The first-order valence-corrected chi connectivity index (χ1v) is 10.4. The average Bonchev–Trinajstić information content (AvgIpc) is 2.95. The number of rotatable bonds is 4. The van der Waals surface area contributed by atoms with E-state index in [9.17, 15) is 13.2 Å². The second-order valence-electron chi connectivity index (χ2n) is 6.41. The Bertz CT molecular complexity index is 848. The van der Waals surface area contributed by atoms with Gasteiger partial charge in [0.15, 0.2) is 0 Å². The Morgan fingerprint density at radius 3 is 2.27 bits per heavy atom. The van der Waals surface area contributed by atoms with Crippen LogP contribution < -0.4 is 0 Å². The maximum absolute atomic E-state index is 12.9. The third kappa shape index (κ3) is 3.97. The average molecular weight is 372 g/mol. The van der Waals surface area contributed by atoms with Crippen LogP contribution in [0.4, 0.5) is 0 Å². The molecule has 1 aliphatic rings. The Hall–Kier alpha value is -2.18. The zero-order valence-corrected chi connectivity index (χ0v) is 15.8. The van der Waals surface area contributed by atoms with Crippen molar-refractivity contribution < 1.29 is 13.2 Å². The predicted octanol–water partition coefficient (Wildman–Crippen LogP) is 2.79. The first-order chi connectivity index (χ1) is 12.5. The molecule has 26 heavy (non-hydrogen) atoms. The van der Waals surface area contributed by atoms with E-state index in [2.05, 4.69) is 0 Å². The van der Waals surface area contributed by atoms with Gasteiger partial charge in [-0.05, 0) is 42.7 Å². The fraction of sp³-hybridized carbons (Fsp3) is 0.350. The highest BCUT2D eigenvalue weighted by molar-refractivity contribution is 7.89. The zero-order chi connectivity index (χ0) is 18.6. The second-order valence-corrected chi connectivity index (χ2v) is 8.35. The smallest absolute Gasteiger partial charge is 0.253 e. The van der Waals surface area contributed by atoms with Gasteiger partial charge in [0, 0.05) is 31.7 Å². The van der Waals surface area contributed by atoms with Gasteiger partial charge in [0.25, 0.3) is 5.91 Å². The van der Waals surface area contributed by atoms with E-state index in [4.69, 9.17) is 0 Å². The molecule has 0 aromatic heterocycles. The van der Waals surface area contributed by atoms with Crippen molar-refractivity contribution in [1.82, 2.24) is 9.21 Å². The van der Waals surface area contributed by atoms with Crippen LogP contribution in [0.15, 0.2) is 59.5 Å². The Morgan fingerprint density at radius 2 is 1.62 bits per heavy atom. The minimum atomic E-state index is -3.53. The van der Waals surface area contributed by atoms with E-state index in [1.54, 1.807) is 29.2 Å². The van der Waals surface area contributed by atoms with E-state index < -0.39 is 10.0 Å². The molecule has 0 bridgehead atoms. The first-order valence-electron chi connectivity index (χ1n) is 8.96. The molecule has 1 fully saturated rings. The first kappa shape index (κ1) is 18.6. The van der Waals surface area contributed by atoms with Crippen LogP contribution in [-0.4, -0.2) is 49.7 Å². The minimum Gasteiger partial charge on any atom is -0.337 e. The van der Waals surface area contributed by atoms with Gasteiger partial charge >= 0.3 is 0 Å². The van der Waals surface area contributed by atoms with Crippen molar-refractivity contribution in [1.29, 1.82) is 0 Å². The molecule has 6 heteroatoms. The largest absolute Gasteiger partial charge is 0.337 e. The van der Waals surface area contributed by atoms with E-state index in [-0.39, 0.29) is 5.91 Å². The van der Waals surface area contributed by atoms with Crippen LogP contribution in [0.3, 0.4) is 0 Å². The molecule has 0 aliphatic carbocycles. The van der Waals surface area contributed by atoms with Crippen LogP contribution >= 0.6 is 0 Å². The van der Waals surface area contributed by atoms with Crippen LogP contribution in [0.25, 0.3) is 0 Å². The molecular weight excluding hydrogens is 348 g/mol. The van der Waals surface area contributed by atoms with Crippen LogP contribution in [-0.2, 0) is 16.4 Å². The maximum atomic E-state index is 12.9. The summed E-state index contributed by atoms with van der Waals surface area (Å²) in [6.45, 7) is 3.75. The summed E-state index contributed by atoms with van der Waals surface area (Å²) in [5, 5.41) is 0. The van der Waals surface area contributed by atoms with Crippen LogP contribution in [0.5, 0.6) is 0 Å². The van der Waals surface area contributed by atoms with Crippen molar-refractivity contribution >= 4 is 15.9 Å². The number of sulfonamides is 1. The van der Waals surface area contributed by atoms with Gasteiger partial charge in [0.1, 0.15) is 0 Å². The molecule has 5 nitrogen and oxygen atoms in total. The molecule has 1 aliphatic heterocycles. The van der Waals surface area contributed by atoms with Gasteiger partial charge in [-0.15, -0.1) is 0 Å². The van der Waals surface area contributed by atoms with Gasteiger partial charge < -0.3 is 4.90 Å². The van der Waals surface area contributed by atoms with E-state index in [1.165, 1.54) is 4.31 Å². The Morgan fingerprint density at radius 1 is 0.923 bits per heavy atom. The molecule has 1 heterocycles. The SMILES string of the molecule is CCc1ccc(S(=O)(=O)N2CCCN(C(=O)c3ccccc3)CC2)cc1. The van der Waals surface area contributed by atoms with Gasteiger partial charge in [0.05, 0.1) is 4.90 Å². The number of hydrogen-bond donors (Lipinski definition) is 0. The molecule has 0 unspecified atom stereocenters. The van der Waals surface area contributed by atoms with E-state index in [1.807, 2.05) is 37.3 Å². The summed E-state index contributed by atoms with van der Waals surface area (Å²) in [5.74, 6) is -0.0443. The van der Waals surface area contributed by atoms with Crippen molar-refractivity contribution in [2.24, 2.45) is 0 Å². The number of carbonyl (C=O) groups excluding carboxylic acids is 1. The molecule has 0 radical (unpaired) electrons. The van der Waals surface area contributed by atoms with E-state index in [0.717, 1.165) is 12.0 Å². The van der Waals surface area contributed by atoms with E-state index in [0.29, 0.717) is 43.1 Å². The molecule has 1 amide bonds. The van der Waals surface area contributed by atoms with E-state index >= 15 is 0 Å². The number of hydrogen-bond acceptors (Lipinski definition) is 3. The summed E-state index contributed by atoms with van der Waals surface area (Å²) in [5.41, 5.74) is 1.75. The quantitative estimate of drug-likeness (QED) is 0.829. The summed E-state index contributed by atoms with van der Waals surface area (Å²) in [6, 6.07) is 16.2. The number of carbonyl (C=O) groups is 1. The Kier molecular flexibility index (Phi) is 5.74. The predicted molar refractivity (Wildman–Crippen MR) is 102 cm³/mol. The lowest BCUT2D eigenvalue weighted by Gasteiger charge is -2.22. The molecular formula is C20H24N2O3S. The van der Waals surface area contributed by atoms with Gasteiger partial charge in [0.2, 0.25) is 10.0 Å². The lowest BCUT2D eigenvalue weighted by atomic mass is 10.2. The van der Waals surface area contributed by atoms with Crippen molar-refractivity contribution in [3.05, 3.63) is 65.7 Å². The lowest BCUT2D eigenvalue weighted by Crippen LogP contribution is -2.37. The topological polar surface area (TPSA) is 57.7 Å². The van der Waals surface area contributed by atoms with Gasteiger partial charge in [-0.1, -0.05) is 37.3 Å². The summed E-state index contributed by atoms with van der Waals surface area (Å²) in [4.78, 5) is 14.7. The monoisotopic (exact) mass is 372 g/mol. The van der Waals surface area contributed by atoms with Crippen molar-refractivity contribution in [2.45, 2.75) is 24.7 Å². The summed E-state index contributed by atoms with van der Waals surface area (Å²) in [6.07, 6.45) is 1.51. The van der Waals surface area contributed by atoms with Gasteiger partial charge in [-0.3, -0.25) is 4.79 Å². The third-order valence-corrected chi connectivity index (χ3v) is 6.65. The number of amides is 1. The second kappa shape index (κ2) is 8.01. The fourth-order valence-corrected chi connectivity index (χ4v) is 4.62.